The van der Waals surface area contributed by atoms with Gasteiger partial charge in [-0.15, -0.1) is 0 Å². The van der Waals surface area contributed by atoms with E-state index in [0.717, 1.165) is 13.0 Å². The summed E-state index contributed by atoms with van der Waals surface area (Å²) < 4.78 is 0. The average molecular weight is 145 g/mol. The summed E-state index contributed by atoms with van der Waals surface area (Å²) in [6.07, 6.45) is 4.85. The van der Waals surface area contributed by atoms with Gasteiger partial charge in [0.1, 0.15) is 0 Å². The molecule has 0 bridgehead atoms. The first-order valence-corrected chi connectivity index (χ1v) is 3.26. The number of hydrogen-bond acceptors (Lipinski definition) is 1. The van der Waals surface area contributed by atoms with E-state index in [4.69, 9.17) is 11.8 Å². The van der Waals surface area contributed by atoms with Crippen LogP contribution in [-0.4, -0.2) is 11.5 Å². The van der Waals surface area contributed by atoms with E-state index in [1.54, 1.807) is 0 Å². The topological polar surface area (TPSA) is 27.8 Å². The first-order chi connectivity index (χ1) is 4.43. The lowest BCUT2D eigenvalue weighted by Crippen LogP contribution is -2.03. The summed E-state index contributed by atoms with van der Waals surface area (Å²) in [5.41, 5.74) is 1.28. The molecule has 50 valence electrons. The molecule has 0 radical (unpaired) electrons. The van der Waals surface area contributed by atoms with E-state index in [1.165, 1.54) is 5.56 Å². The smallest absolute Gasteiger partial charge is 0.0149 e. The maximum Gasteiger partial charge on any atom is 0.0149 e. The second-order valence-corrected chi connectivity index (χ2v) is 2.12. The van der Waals surface area contributed by atoms with Gasteiger partial charge < -0.3 is 4.98 Å². The molecule has 2 nitrogen and oxygen atoms in total. The molecular formula is C6H9ClN2. The third-order valence-electron chi connectivity index (χ3n) is 1.17. The number of nitrogens with one attached hydrogen (secondary N) is 2. The molecule has 1 rings (SSSR count). The Balaban J connectivity index is 2.30. The Morgan fingerprint density at radius 2 is 2.56 bits per heavy atom. The molecule has 0 aliphatic carbocycles. The van der Waals surface area contributed by atoms with Crippen molar-refractivity contribution in [2.24, 2.45) is 0 Å². The van der Waals surface area contributed by atoms with Gasteiger partial charge in [-0.1, -0.05) is 0 Å². The second kappa shape index (κ2) is 3.54. The minimum Gasteiger partial charge on any atom is -0.367 e. The number of hydrogen-bond donors (Lipinski definition) is 2. The molecule has 1 aromatic rings. The van der Waals surface area contributed by atoms with Crippen LogP contribution in [0.25, 0.3) is 0 Å². The van der Waals surface area contributed by atoms with Crippen LogP contribution < -0.4 is 4.84 Å². The highest BCUT2D eigenvalue weighted by Gasteiger charge is 1.88. The van der Waals surface area contributed by atoms with Gasteiger partial charge in [-0.3, -0.25) is 0 Å². The third-order valence-corrected chi connectivity index (χ3v) is 1.36. The molecule has 0 atom stereocenters. The minimum atomic E-state index is 0.819. The van der Waals surface area contributed by atoms with Crippen LogP contribution in [0.15, 0.2) is 18.5 Å². The molecule has 0 unspecified atom stereocenters. The van der Waals surface area contributed by atoms with Crippen LogP contribution >= 0.6 is 11.8 Å². The predicted octanol–water partition coefficient (Wildman–Crippen LogP) is 1.30. The van der Waals surface area contributed by atoms with Crippen molar-refractivity contribution in [1.29, 1.82) is 0 Å². The Bertz CT molecular complexity index is 148. The van der Waals surface area contributed by atoms with E-state index in [9.17, 15) is 0 Å². The summed E-state index contributed by atoms with van der Waals surface area (Å²) in [5, 5.41) is 0. The zero-order chi connectivity index (χ0) is 6.53. The van der Waals surface area contributed by atoms with E-state index in [0.29, 0.717) is 0 Å². The Morgan fingerprint density at radius 1 is 1.67 bits per heavy atom. The SMILES string of the molecule is ClNCCc1cc[nH]c1. The van der Waals surface area contributed by atoms with Gasteiger partial charge in [0.25, 0.3) is 0 Å². The van der Waals surface area contributed by atoms with Gasteiger partial charge in [-0.25, -0.2) is 4.84 Å². The predicted molar refractivity (Wildman–Crippen MR) is 38.4 cm³/mol. The normalized spacial score (nSPS) is 9.89. The Labute approximate surface area is 59.3 Å². The largest absolute Gasteiger partial charge is 0.367 e. The molecule has 3 heteroatoms. The lowest BCUT2D eigenvalue weighted by atomic mass is 10.2. The monoisotopic (exact) mass is 144 g/mol. The molecule has 0 amide bonds. The van der Waals surface area contributed by atoms with Crippen molar-refractivity contribution in [3.05, 3.63) is 24.0 Å². The lowest BCUT2D eigenvalue weighted by Gasteiger charge is -1.91. The maximum absolute atomic E-state index is 5.26. The molecule has 0 fully saturated rings. The van der Waals surface area contributed by atoms with Gasteiger partial charge in [0, 0.05) is 18.9 Å². The molecule has 0 aliphatic rings. The zero-order valence-electron chi connectivity index (χ0n) is 5.02. The summed E-state index contributed by atoms with van der Waals surface area (Å²) in [6.45, 7) is 0.819. The van der Waals surface area contributed by atoms with E-state index < -0.39 is 0 Å². The Morgan fingerprint density at radius 3 is 3.11 bits per heavy atom. The van der Waals surface area contributed by atoms with Crippen LogP contribution in [0, 0.1) is 0 Å². The van der Waals surface area contributed by atoms with Gasteiger partial charge in [0.15, 0.2) is 0 Å². The van der Waals surface area contributed by atoms with Gasteiger partial charge in [0.2, 0.25) is 0 Å². The Hall–Kier alpha value is -0.470. The molecule has 0 saturated carbocycles. The molecular weight excluding hydrogens is 136 g/mol. The van der Waals surface area contributed by atoms with Gasteiger partial charge >= 0.3 is 0 Å². The van der Waals surface area contributed by atoms with E-state index in [2.05, 4.69) is 9.82 Å². The minimum absolute atomic E-state index is 0.819. The lowest BCUT2D eigenvalue weighted by molar-refractivity contribution is 0.900. The van der Waals surface area contributed by atoms with E-state index in [-0.39, 0.29) is 0 Å². The first-order valence-electron chi connectivity index (χ1n) is 2.88. The number of halogens is 1. The number of rotatable bonds is 3. The highest BCUT2D eigenvalue weighted by Crippen LogP contribution is 1.95. The molecule has 0 aliphatic heterocycles. The van der Waals surface area contributed by atoms with Gasteiger partial charge in [0.05, 0.1) is 0 Å². The fraction of sp³-hybridized carbons (Fsp3) is 0.333. The van der Waals surface area contributed by atoms with Crippen LogP contribution in [0.1, 0.15) is 5.56 Å². The average Bonchev–Trinajstić information content (AvgIpc) is 2.34. The van der Waals surface area contributed by atoms with Gasteiger partial charge in [-0.2, -0.15) is 0 Å². The highest BCUT2D eigenvalue weighted by atomic mass is 35.5. The number of H-pyrrole nitrogens is 1. The summed E-state index contributed by atoms with van der Waals surface area (Å²) in [5.74, 6) is 0. The van der Waals surface area contributed by atoms with Crippen molar-refractivity contribution < 1.29 is 0 Å². The van der Waals surface area contributed by atoms with Crippen LogP contribution in [0.4, 0.5) is 0 Å². The van der Waals surface area contributed by atoms with E-state index >= 15 is 0 Å². The summed E-state index contributed by atoms with van der Waals surface area (Å²) >= 11 is 5.26. The highest BCUT2D eigenvalue weighted by molar-refractivity contribution is 6.13. The molecule has 0 saturated heterocycles. The third kappa shape index (κ3) is 2.08. The molecule has 0 spiro atoms. The van der Waals surface area contributed by atoms with E-state index in [1.807, 2.05) is 18.5 Å². The molecule has 1 heterocycles. The molecule has 1 aromatic heterocycles. The summed E-state index contributed by atoms with van der Waals surface area (Å²) in [4.78, 5) is 5.53. The number of aromatic amines is 1. The van der Waals surface area contributed by atoms with Crippen LogP contribution in [0.3, 0.4) is 0 Å². The Kier molecular flexibility index (Phi) is 2.61. The number of aromatic nitrogens is 1. The van der Waals surface area contributed by atoms with Crippen LogP contribution in [0.2, 0.25) is 0 Å². The maximum atomic E-state index is 5.26. The van der Waals surface area contributed by atoms with Crippen LogP contribution in [0.5, 0.6) is 0 Å². The molecule has 2 N–H and O–H groups in total. The van der Waals surface area contributed by atoms with Gasteiger partial charge in [-0.05, 0) is 29.8 Å². The fourth-order valence-corrected chi connectivity index (χ4v) is 0.800. The van der Waals surface area contributed by atoms with Crippen LogP contribution in [-0.2, 0) is 6.42 Å². The quantitative estimate of drug-likeness (QED) is 0.615. The molecule has 9 heavy (non-hydrogen) atoms. The zero-order valence-corrected chi connectivity index (χ0v) is 5.78. The fourth-order valence-electron chi connectivity index (χ4n) is 0.705. The van der Waals surface area contributed by atoms with Crippen molar-refractivity contribution in [2.45, 2.75) is 6.42 Å². The van der Waals surface area contributed by atoms with Crippen molar-refractivity contribution >= 4 is 11.8 Å². The van der Waals surface area contributed by atoms with Crippen molar-refractivity contribution in [3.63, 3.8) is 0 Å². The molecule has 0 aromatic carbocycles. The van der Waals surface area contributed by atoms with Crippen molar-refractivity contribution in [3.8, 4) is 0 Å². The summed E-state index contributed by atoms with van der Waals surface area (Å²) in [7, 11) is 0. The summed E-state index contributed by atoms with van der Waals surface area (Å²) in [6, 6.07) is 2.04. The van der Waals surface area contributed by atoms with Crippen molar-refractivity contribution in [2.75, 3.05) is 6.54 Å². The second-order valence-electron chi connectivity index (χ2n) is 1.85. The van der Waals surface area contributed by atoms with Crippen molar-refractivity contribution in [1.82, 2.24) is 9.82 Å². The standard InChI is InChI=1S/C6H9ClN2/c7-9-4-2-6-1-3-8-5-6/h1,3,5,8-9H,2,4H2. The first kappa shape index (κ1) is 6.65.